The molecule has 0 unspecified atom stereocenters. The maximum atomic E-state index is 11.4. The molecule has 1 aromatic carbocycles. The summed E-state index contributed by atoms with van der Waals surface area (Å²) in [6.45, 7) is 0. The Morgan fingerprint density at radius 2 is 2.00 bits per heavy atom. The second-order valence-corrected chi connectivity index (χ2v) is 3.36. The minimum Gasteiger partial charge on any atom is -0.494 e. The summed E-state index contributed by atoms with van der Waals surface area (Å²) in [5.74, 6) is -0.529. The number of hydrogen-bond acceptors (Lipinski definition) is 5. The van der Waals surface area contributed by atoms with Crippen LogP contribution in [0, 0.1) is 0 Å². The number of esters is 1. The van der Waals surface area contributed by atoms with Gasteiger partial charge in [-0.3, -0.25) is 0 Å². The largest absolute Gasteiger partial charge is 0.494 e. The van der Waals surface area contributed by atoms with Gasteiger partial charge in [0, 0.05) is 0 Å². The number of hydrogen-bond donors (Lipinski definition) is 2. The third kappa shape index (κ3) is 2.47. The highest BCUT2D eigenvalue weighted by molar-refractivity contribution is 6.59. The summed E-state index contributed by atoms with van der Waals surface area (Å²) < 4.78 is 9.47. The van der Waals surface area contributed by atoms with Crippen molar-refractivity contribution in [2.24, 2.45) is 0 Å². The summed E-state index contributed by atoms with van der Waals surface area (Å²) >= 11 is 5.82. The lowest BCUT2D eigenvalue weighted by molar-refractivity contribution is 0.0597. The Morgan fingerprint density at radius 3 is 2.44 bits per heavy atom. The smallest absolute Gasteiger partial charge is 0.488 e. The first-order valence-electron chi connectivity index (χ1n) is 4.33. The van der Waals surface area contributed by atoms with E-state index in [9.17, 15) is 4.79 Å². The second kappa shape index (κ2) is 5.20. The molecule has 1 aromatic rings. The van der Waals surface area contributed by atoms with Crippen LogP contribution in [0.1, 0.15) is 10.4 Å². The van der Waals surface area contributed by atoms with E-state index in [2.05, 4.69) is 4.74 Å². The van der Waals surface area contributed by atoms with Crippen LogP contribution in [-0.2, 0) is 4.74 Å². The number of rotatable bonds is 3. The highest BCUT2D eigenvalue weighted by atomic mass is 35.5. The first-order valence-corrected chi connectivity index (χ1v) is 4.71. The van der Waals surface area contributed by atoms with Crippen molar-refractivity contribution < 1.29 is 24.3 Å². The molecule has 2 N–H and O–H groups in total. The average Bonchev–Trinajstić information content (AvgIpc) is 2.26. The number of benzene rings is 1. The molecule has 0 radical (unpaired) electrons. The highest BCUT2D eigenvalue weighted by Gasteiger charge is 2.21. The molecule has 0 aromatic heterocycles. The van der Waals surface area contributed by atoms with Crippen LogP contribution < -0.4 is 10.2 Å². The molecule has 0 saturated carbocycles. The summed E-state index contributed by atoms with van der Waals surface area (Å²) in [5.41, 5.74) is 0.131. The van der Waals surface area contributed by atoms with Crippen LogP contribution in [0.25, 0.3) is 0 Å². The van der Waals surface area contributed by atoms with Gasteiger partial charge in [-0.25, -0.2) is 4.79 Å². The third-order valence-electron chi connectivity index (χ3n) is 1.97. The van der Waals surface area contributed by atoms with Crippen LogP contribution in [0.2, 0.25) is 5.02 Å². The maximum absolute atomic E-state index is 11.4. The molecule has 1 rings (SSSR count). The van der Waals surface area contributed by atoms with Crippen molar-refractivity contribution in [1.82, 2.24) is 0 Å². The predicted octanol–water partition coefficient (Wildman–Crippen LogP) is -0.185. The van der Waals surface area contributed by atoms with Gasteiger partial charge >= 0.3 is 13.1 Å². The molecule has 0 aliphatic heterocycles. The normalized spacial score (nSPS) is 9.81. The summed E-state index contributed by atoms with van der Waals surface area (Å²) in [6.07, 6.45) is 0. The second-order valence-electron chi connectivity index (χ2n) is 2.95. The summed E-state index contributed by atoms with van der Waals surface area (Å²) in [5, 5.41) is 18.1. The van der Waals surface area contributed by atoms with Crippen molar-refractivity contribution in [2.75, 3.05) is 14.2 Å². The van der Waals surface area contributed by atoms with E-state index < -0.39 is 13.1 Å². The molecule has 16 heavy (non-hydrogen) atoms. The molecule has 0 fully saturated rings. The Balaban J connectivity index is 3.36. The molecule has 0 heterocycles. The quantitative estimate of drug-likeness (QED) is 0.570. The zero-order valence-electron chi connectivity index (χ0n) is 8.73. The third-order valence-corrected chi connectivity index (χ3v) is 2.25. The Kier molecular flexibility index (Phi) is 4.17. The SMILES string of the molecule is COC(=O)c1cc(B(O)O)cc(Cl)c1OC. The molecular formula is C9H10BClO5. The molecule has 0 aliphatic rings. The van der Waals surface area contributed by atoms with Crippen LogP contribution in [0.5, 0.6) is 5.75 Å². The lowest BCUT2D eigenvalue weighted by Crippen LogP contribution is -2.30. The monoisotopic (exact) mass is 244 g/mol. The van der Waals surface area contributed by atoms with Gasteiger partial charge in [-0.2, -0.15) is 0 Å². The van der Waals surface area contributed by atoms with Gasteiger partial charge in [0.25, 0.3) is 0 Å². The van der Waals surface area contributed by atoms with E-state index in [1.807, 2.05) is 0 Å². The number of ether oxygens (including phenoxy) is 2. The number of carbonyl (C=O) groups is 1. The van der Waals surface area contributed by atoms with E-state index in [-0.39, 0.29) is 21.8 Å². The fraction of sp³-hybridized carbons (Fsp3) is 0.222. The topological polar surface area (TPSA) is 76.0 Å². The molecule has 7 heteroatoms. The van der Waals surface area contributed by atoms with E-state index in [0.29, 0.717) is 0 Å². The van der Waals surface area contributed by atoms with Crippen LogP contribution in [0.4, 0.5) is 0 Å². The Bertz CT molecular complexity index is 407. The van der Waals surface area contributed by atoms with Crippen molar-refractivity contribution in [3.63, 3.8) is 0 Å². The molecule has 0 bridgehead atoms. The maximum Gasteiger partial charge on any atom is 0.488 e. The van der Waals surface area contributed by atoms with Crippen molar-refractivity contribution in [2.45, 2.75) is 0 Å². The van der Waals surface area contributed by atoms with Gasteiger partial charge < -0.3 is 19.5 Å². The number of carbonyl (C=O) groups excluding carboxylic acids is 1. The van der Waals surface area contributed by atoms with E-state index >= 15 is 0 Å². The highest BCUT2D eigenvalue weighted by Crippen LogP contribution is 2.27. The molecule has 86 valence electrons. The molecule has 0 spiro atoms. The van der Waals surface area contributed by atoms with E-state index in [0.717, 1.165) is 0 Å². The standard InChI is InChI=1S/C9H10BClO5/c1-15-8-6(9(12)16-2)3-5(10(13)14)4-7(8)11/h3-4,13-14H,1-2H3. The van der Waals surface area contributed by atoms with Gasteiger partial charge in [0.2, 0.25) is 0 Å². The molecule has 0 amide bonds. The van der Waals surface area contributed by atoms with Crippen LogP contribution in [0.15, 0.2) is 12.1 Å². The summed E-state index contributed by atoms with van der Waals surface area (Å²) in [6, 6.07) is 2.55. The van der Waals surface area contributed by atoms with Gasteiger partial charge in [0.1, 0.15) is 5.56 Å². The lowest BCUT2D eigenvalue weighted by atomic mass is 9.79. The number of methoxy groups -OCH3 is 2. The van der Waals surface area contributed by atoms with E-state index in [1.54, 1.807) is 0 Å². The Hall–Kier alpha value is -1.24. The van der Waals surface area contributed by atoms with Gasteiger partial charge in [-0.1, -0.05) is 11.6 Å². The van der Waals surface area contributed by atoms with Crippen molar-refractivity contribution in [3.8, 4) is 5.75 Å². The minimum atomic E-state index is -1.72. The molecule has 5 nitrogen and oxygen atoms in total. The number of halogens is 1. The average molecular weight is 244 g/mol. The van der Waals surface area contributed by atoms with Gasteiger partial charge in [-0.05, 0) is 17.6 Å². The zero-order chi connectivity index (χ0) is 12.3. The fourth-order valence-electron chi connectivity index (χ4n) is 1.23. The zero-order valence-corrected chi connectivity index (χ0v) is 9.49. The van der Waals surface area contributed by atoms with Gasteiger partial charge in [0.15, 0.2) is 5.75 Å². The van der Waals surface area contributed by atoms with Crippen molar-refractivity contribution in [3.05, 3.63) is 22.7 Å². The van der Waals surface area contributed by atoms with Crippen LogP contribution in [0.3, 0.4) is 0 Å². The predicted molar refractivity (Wildman–Crippen MR) is 59.2 cm³/mol. The fourth-order valence-corrected chi connectivity index (χ4v) is 1.54. The molecule has 0 atom stereocenters. The van der Waals surface area contributed by atoms with Crippen LogP contribution >= 0.6 is 11.6 Å². The van der Waals surface area contributed by atoms with Crippen LogP contribution in [-0.4, -0.2) is 37.4 Å². The molecule has 0 saturated heterocycles. The van der Waals surface area contributed by atoms with Crippen molar-refractivity contribution >= 4 is 30.2 Å². The molecular weight excluding hydrogens is 234 g/mol. The first-order chi connectivity index (χ1) is 7.51. The summed E-state index contributed by atoms with van der Waals surface area (Å²) in [4.78, 5) is 11.4. The van der Waals surface area contributed by atoms with E-state index in [4.69, 9.17) is 26.4 Å². The van der Waals surface area contributed by atoms with Gasteiger partial charge in [-0.15, -0.1) is 0 Å². The van der Waals surface area contributed by atoms with Crippen molar-refractivity contribution in [1.29, 1.82) is 0 Å². The summed E-state index contributed by atoms with van der Waals surface area (Å²) in [7, 11) is 0.840. The first kappa shape index (κ1) is 12.8. The Labute approximate surface area is 97.7 Å². The van der Waals surface area contributed by atoms with Gasteiger partial charge in [0.05, 0.1) is 19.2 Å². The molecule has 0 aliphatic carbocycles. The Morgan fingerprint density at radius 1 is 1.38 bits per heavy atom. The van der Waals surface area contributed by atoms with E-state index in [1.165, 1.54) is 26.4 Å². The lowest BCUT2D eigenvalue weighted by Gasteiger charge is -2.10. The minimum absolute atomic E-state index is 0.0422.